The van der Waals surface area contributed by atoms with Gasteiger partial charge >= 0.3 is 0 Å². The second-order valence-electron chi connectivity index (χ2n) is 5.36. The summed E-state index contributed by atoms with van der Waals surface area (Å²) in [5.41, 5.74) is 1.68. The van der Waals surface area contributed by atoms with Crippen molar-refractivity contribution in [1.29, 1.82) is 0 Å². The number of nitrogens with zero attached hydrogens (tertiary/aromatic N) is 1. The molecule has 23 heavy (non-hydrogen) atoms. The summed E-state index contributed by atoms with van der Waals surface area (Å²) in [5, 5.41) is 0. The third-order valence-corrected chi connectivity index (χ3v) is 3.88. The van der Waals surface area contributed by atoms with Gasteiger partial charge in [-0.25, -0.2) is 0 Å². The molecule has 0 unspecified atom stereocenters. The molecule has 1 aliphatic rings. The van der Waals surface area contributed by atoms with E-state index in [1.54, 1.807) is 37.3 Å². The third kappa shape index (κ3) is 3.23. The Balaban J connectivity index is 1.66. The molecule has 1 aliphatic heterocycles. The zero-order valence-corrected chi connectivity index (χ0v) is 13.2. The maximum Gasteiger partial charge on any atom is 0.253 e. The molecule has 0 radical (unpaired) electrons. The number of hydrogen-bond donors (Lipinski definition) is 0. The minimum Gasteiger partial charge on any atom is -0.496 e. The van der Waals surface area contributed by atoms with Gasteiger partial charge < -0.3 is 19.1 Å². The van der Waals surface area contributed by atoms with Gasteiger partial charge in [-0.2, -0.15) is 0 Å². The van der Waals surface area contributed by atoms with Crippen molar-refractivity contribution in [3.63, 3.8) is 0 Å². The van der Waals surface area contributed by atoms with Crippen LogP contribution in [-0.2, 0) is 6.42 Å². The fourth-order valence-electron chi connectivity index (χ4n) is 2.55. The number of rotatable bonds is 5. The fraction of sp³-hybridized carbons (Fsp3) is 0.278. The maximum atomic E-state index is 12.5. The molecule has 0 saturated heterocycles. The van der Waals surface area contributed by atoms with E-state index in [1.807, 2.05) is 24.3 Å². The lowest BCUT2D eigenvalue weighted by molar-refractivity contribution is 0.0796. The molecule has 1 heterocycles. The monoisotopic (exact) mass is 313 g/mol. The molecule has 0 atom stereocenters. The lowest BCUT2D eigenvalue weighted by Gasteiger charge is -2.18. The molecular weight excluding hydrogens is 294 g/mol. The van der Waals surface area contributed by atoms with Crippen LogP contribution in [0.25, 0.3) is 0 Å². The lowest BCUT2D eigenvalue weighted by atomic mass is 10.1. The van der Waals surface area contributed by atoms with Crippen LogP contribution in [0, 0.1) is 0 Å². The fourth-order valence-corrected chi connectivity index (χ4v) is 2.55. The Bertz CT molecular complexity index is 714. The van der Waals surface area contributed by atoms with Crippen molar-refractivity contribution in [2.75, 3.05) is 27.5 Å². The van der Waals surface area contributed by atoms with E-state index >= 15 is 0 Å². The van der Waals surface area contributed by atoms with E-state index in [1.165, 1.54) is 0 Å². The number of carbonyl (C=O) groups excluding carboxylic acids is 1. The van der Waals surface area contributed by atoms with Crippen LogP contribution in [0.1, 0.15) is 15.9 Å². The summed E-state index contributed by atoms with van der Waals surface area (Å²) in [4.78, 5) is 14.2. The van der Waals surface area contributed by atoms with E-state index in [2.05, 4.69) is 0 Å². The summed E-state index contributed by atoms with van der Waals surface area (Å²) >= 11 is 0. The van der Waals surface area contributed by atoms with Crippen molar-refractivity contribution in [1.82, 2.24) is 4.90 Å². The summed E-state index contributed by atoms with van der Waals surface area (Å²) in [6.45, 7) is 0.810. The summed E-state index contributed by atoms with van der Waals surface area (Å²) in [7, 11) is 3.45. The maximum absolute atomic E-state index is 12.5. The molecule has 2 aromatic carbocycles. The topological polar surface area (TPSA) is 48.0 Å². The van der Waals surface area contributed by atoms with E-state index < -0.39 is 0 Å². The Morgan fingerprint density at radius 3 is 2.78 bits per heavy atom. The third-order valence-electron chi connectivity index (χ3n) is 3.88. The number of methoxy groups -OCH3 is 1. The molecule has 0 aliphatic carbocycles. The normalized spacial score (nSPS) is 12.1. The van der Waals surface area contributed by atoms with Gasteiger partial charge in [-0.05, 0) is 36.2 Å². The van der Waals surface area contributed by atoms with E-state index in [9.17, 15) is 4.79 Å². The largest absolute Gasteiger partial charge is 0.496 e. The second kappa shape index (κ2) is 6.60. The van der Waals surface area contributed by atoms with Crippen LogP contribution < -0.4 is 14.2 Å². The van der Waals surface area contributed by atoms with Crippen LogP contribution in [0.4, 0.5) is 0 Å². The van der Waals surface area contributed by atoms with Crippen molar-refractivity contribution >= 4 is 5.91 Å². The molecule has 2 aromatic rings. The summed E-state index contributed by atoms with van der Waals surface area (Å²) in [6, 6.07) is 13.1. The zero-order valence-electron chi connectivity index (χ0n) is 13.2. The standard InChI is InChI=1S/C18H19NO4/c1-19(10-9-13-5-3-4-6-15(13)21-2)18(20)14-7-8-16-17(11-14)23-12-22-16/h3-8,11H,9-10,12H2,1-2H3. The van der Waals surface area contributed by atoms with Gasteiger partial charge in [-0.3, -0.25) is 4.79 Å². The van der Waals surface area contributed by atoms with Crippen LogP contribution >= 0.6 is 0 Å². The van der Waals surface area contributed by atoms with Gasteiger partial charge in [-0.15, -0.1) is 0 Å². The Morgan fingerprint density at radius 1 is 1.17 bits per heavy atom. The number of fused-ring (bicyclic) bond motifs is 1. The van der Waals surface area contributed by atoms with Gasteiger partial charge in [0, 0.05) is 19.2 Å². The Kier molecular flexibility index (Phi) is 4.37. The molecule has 5 heteroatoms. The van der Waals surface area contributed by atoms with Gasteiger partial charge in [0.25, 0.3) is 5.91 Å². The number of ether oxygens (including phenoxy) is 3. The number of hydrogen-bond acceptors (Lipinski definition) is 4. The molecule has 3 rings (SSSR count). The first kappa shape index (κ1) is 15.2. The lowest BCUT2D eigenvalue weighted by Crippen LogP contribution is -2.28. The van der Waals surface area contributed by atoms with Gasteiger partial charge in [0.05, 0.1) is 7.11 Å². The smallest absolute Gasteiger partial charge is 0.253 e. The van der Waals surface area contributed by atoms with Crippen molar-refractivity contribution < 1.29 is 19.0 Å². The highest BCUT2D eigenvalue weighted by atomic mass is 16.7. The van der Waals surface area contributed by atoms with Gasteiger partial charge in [-0.1, -0.05) is 18.2 Å². The molecule has 0 fully saturated rings. The van der Waals surface area contributed by atoms with Crippen LogP contribution in [0.15, 0.2) is 42.5 Å². The van der Waals surface area contributed by atoms with E-state index in [4.69, 9.17) is 14.2 Å². The highest BCUT2D eigenvalue weighted by Gasteiger charge is 2.18. The zero-order chi connectivity index (χ0) is 16.2. The predicted molar refractivity (Wildman–Crippen MR) is 86.2 cm³/mol. The number of carbonyl (C=O) groups is 1. The first-order chi connectivity index (χ1) is 11.2. The van der Waals surface area contributed by atoms with Crippen LogP contribution in [0.2, 0.25) is 0 Å². The molecule has 1 amide bonds. The second-order valence-corrected chi connectivity index (χ2v) is 5.36. The van der Waals surface area contributed by atoms with E-state index in [0.29, 0.717) is 23.6 Å². The average molecular weight is 313 g/mol. The molecule has 0 aromatic heterocycles. The SMILES string of the molecule is COc1ccccc1CCN(C)C(=O)c1ccc2c(c1)OCO2. The number of benzene rings is 2. The molecule has 0 spiro atoms. The minimum absolute atomic E-state index is 0.0433. The van der Waals surface area contributed by atoms with Crippen LogP contribution in [-0.4, -0.2) is 38.3 Å². The molecule has 0 bridgehead atoms. The summed E-state index contributed by atoms with van der Waals surface area (Å²) in [6.07, 6.45) is 0.733. The van der Waals surface area contributed by atoms with Gasteiger partial charge in [0.15, 0.2) is 11.5 Å². The van der Waals surface area contributed by atoms with Gasteiger partial charge in [0.1, 0.15) is 5.75 Å². The van der Waals surface area contributed by atoms with Crippen molar-refractivity contribution in [2.45, 2.75) is 6.42 Å². The highest BCUT2D eigenvalue weighted by molar-refractivity contribution is 5.94. The number of likely N-dealkylation sites (N-methyl/N-ethyl adjacent to an activating group) is 1. The molecule has 5 nitrogen and oxygen atoms in total. The first-order valence-electron chi connectivity index (χ1n) is 7.46. The quantitative estimate of drug-likeness (QED) is 0.851. The summed E-state index contributed by atoms with van der Waals surface area (Å²) < 4.78 is 15.9. The Morgan fingerprint density at radius 2 is 1.96 bits per heavy atom. The minimum atomic E-state index is -0.0433. The highest BCUT2D eigenvalue weighted by Crippen LogP contribution is 2.32. The van der Waals surface area contributed by atoms with Crippen LogP contribution in [0.5, 0.6) is 17.2 Å². The van der Waals surface area contributed by atoms with Crippen molar-refractivity contribution in [3.8, 4) is 17.2 Å². The molecule has 120 valence electrons. The molecule has 0 N–H and O–H groups in total. The molecule has 0 saturated carbocycles. The van der Waals surface area contributed by atoms with E-state index in [0.717, 1.165) is 17.7 Å². The Hall–Kier alpha value is -2.69. The van der Waals surface area contributed by atoms with Crippen molar-refractivity contribution in [3.05, 3.63) is 53.6 Å². The van der Waals surface area contributed by atoms with E-state index in [-0.39, 0.29) is 12.7 Å². The number of para-hydroxylation sites is 1. The predicted octanol–water partition coefficient (Wildman–Crippen LogP) is 2.74. The number of amides is 1. The van der Waals surface area contributed by atoms with Crippen LogP contribution in [0.3, 0.4) is 0 Å². The summed E-state index contributed by atoms with van der Waals surface area (Å²) in [5.74, 6) is 2.10. The van der Waals surface area contributed by atoms with Gasteiger partial charge in [0.2, 0.25) is 6.79 Å². The molecular formula is C18H19NO4. The Labute approximate surface area is 135 Å². The van der Waals surface area contributed by atoms with Crippen molar-refractivity contribution in [2.24, 2.45) is 0 Å². The average Bonchev–Trinajstić information content (AvgIpc) is 3.06. The first-order valence-corrected chi connectivity index (χ1v) is 7.46.